The van der Waals surface area contributed by atoms with E-state index in [9.17, 15) is 23.1 Å². The second kappa shape index (κ2) is 6.60. The number of phenols is 1. The Morgan fingerprint density at radius 3 is 2.43 bits per heavy atom. The molecule has 0 atom stereocenters. The van der Waals surface area contributed by atoms with E-state index in [1.54, 1.807) is 19.1 Å². The van der Waals surface area contributed by atoms with Crippen molar-refractivity contribution in [3.8, 4) is 11.5 Å². The van der Waals surface area contributed by atoms with Crippen molar-refractivity contribution in [2.24, 2.45) is 0 Å². The summed E-state index contributed by atoms with van der Waals surface area (Å²) in [6.07, 6.45) is -4.42. The summed E-state index contributed by atoms with van der Waals surface area (Å²) in [7, 11) is 0. The average Bonchev–Trinajstić information content (AvgIpc) is 2.48. The normalized spacial score (nSPS) is 11.1. The molecule has 0 radical (unpaired) electrons. The second-order valence-corrected chi connectivity index (χ2v) is 4.88. The number of phenolic OH excluding ortho intramolecular Hbond substituents is 1. The Balaban J connectivity index is 1.93. The number of hydrogen-bond acceptors (Lipinski definition) is 3. The number of halogens is 3. The number of nitrogens with one attached hydrogen (secondary N) is 1. The molecule has 2 N–H and O–H groups in total. The van der Waals surface area contributed by atoms with E-state index >= 15 is 0 Å². The van der Waals surface area contributed by atoms with Gasteiger partial charge < -0.3 is 15.2 Å². The molecule has 2 aromatic rings. The zero-order valence-corrected chi connectivity index (χ0v) is 12.1. The SMILES string of the molecule is Cc1ccc(O)c(NC(=O)COc2ccc(C(F)(F)F)cc2)c1. The van der Waals surface area contributed by atoms with Crippen molar-refractivity contribution in [2.45, 2.75) is 13.1 Å². The lowest BCUT2D eigenvalue weighted by Crippen LogP contribution is -2.20. The third-order valence-electron chi connectivity index (χ3n) is 2.98. The monoisotopic (exact) mass is 325 g/mol. The lowest BCUT2D eigenvalue weighted by Gasteiger charge is -2.10. The van der Waals surface area contributed by atoms with Gasteiger partial charge in [-0.2, -0.15) is 13.2 Å². The first kappa shape index (κ1) is 16.7. The summed E-state index contributed by atoms with van der Waals surface area (Å²) < 4.78 is 42.4. The Hall–Kier alpha value is -2.70. The summed E-state index contributed by atoms with van der Waals surface area (Å²) in [4.78, 5) is 11.7. The second-order valence-electron chi connectivity index (χ2n) is 4.88. The predicted octanol–water partition coefficient (Wildman–Crippen LogP) is 3.74. The standard InChI is InChI=1S/C16H14F3NO3/c1-10-2-7-14(21)13(8-10)20-15(22)9-23-12-5-3-11(4-6-12)16(17,18)19/h2-8,21H,9H2,1H3,(H,20,22). The van der Waals surface area contributed by atoms with E-state index in [1.807, 2.05) is 0 Å². The summed E-state index contributed by atoms with van der Waals surface area (Å²) in [5, 5.41) is 12.1. The Labute approximate surface area is 130 Å². The van der Waals surface area contributed by atoms with Crippen LogP contribution in [0.4, 0.5) is 18.9 Å². The van der Waals surface area contributed by atoms with Crippen molar-refractivity contribution >= 4 is 11.6 Å². The summed E-state index contributed by atoms with van der Waals surface area (Å²) in [5.41, 5.74) is 0.298. The van der Waals surface area contributed by atoms with Crippen molar-refractivity contribution < 1.29 is 27.8 Å². The number of anilines is 1. The van der Waals surface area contributed by atoms with Gasteiger partial charge in [0.15, 0.2) is 6.61 Å². The van der Waals surface area contributed by atoms with Gasteiger partial charge >= 0.3 is 6.18 Å². The smallest absolute Gasteiger partial charge is 0.416 e. The van der Waals surface area contributed by atoms with Crippen LogP contribution < -0.4 is 10.1 Å². The molecular formula is C16H14F3NO3. The van der Waals surface area contributed by atoms with Gasteiger partial charge in [-0.15, -0.1) is 0 Å². The lowest BCUT2D eigenvalue weighted by molar-refractivity contribution is -0.137. The Kier molecular flexibility index (Phi) is 4.78. The number of aryl methyl sites for hydroxylation is 1. The van der Waals surface area contributed by atoms with Crippen LogP contribution in [-0.4, -0.2) is 17.6 Å². The Morgan fingerprint density at radius 2 is 1.83 bits per heavy atom. The van der Waals surface area contributed by atoms with Crippen molar-refractivity contribution in [3.63, 3.8) is 0 Å². The van der Waals surface area contributed by atoms with E-state index in [1.165, 1.54) is 6.07 Å². The Morgan fingerprint density at radius 1 is 1.17 bits per heavy atom. The number of aromatic hydroxyl groups is 1. The number of hydrogen-bond donors (Lipinski definition) is 2. The quantitative estimate of drug-likeness (QED) is 0.842. The molecule has 0 fully saturated rings. The molecule has 23 heavy (non-hydrogen) atoms. The summed E-state index contributed by atoms with van der Waals surface area (Å²) in [6.45, 7) is 1.41. The first-order valence-electron chi connectivity index (χ1n) is 6.65. The summed E-state index contributed by atoms with van der Waals surface area (Å²) in [5.74, 6) is -0.481. The molecule has 0 aromatic heterocycles. The van der Waals surface area contributed by atoms with Crippen LogP contribution in [0, 0.1) is 6.92 Å². The number of carbonyl (C=O) groups excluding carboxylic acids is 1. The highest BCUT2D eigenvalue weighted by atomic mass is 19.4. The van der Waals surface area contributed by atoms with Crippen molar-refractivity contribution in [1.82, 2.24) is 0 Å². The fraction of sp³-hybridized carbons (Fsp3) is 0.188. The molecule has 0 heterocycles. The molecular weight excluding hydrogens is 311 g/mol. The van der Waals surface area contributed by atoms with Crippen LogP contribution in [0.1, 0.15) is 11.1 Å². The van der Waals surface area contributed by atoms with E-state index in [2.05, 4.69) is 5.32 Å². The van der Waals surface area contributed by atoms with Crippen molar-refractivity contribution in [1.29, 1.82) is 0 Å². The van der Waals surface area contributed by atoms with Crippen LogP contribution in [0.15, 0.2) is 42.5 Å². The summed E-state index contributed by atoms with van der Waals surface area (Å²) in [6, 6.07) is 8.75. The predicted molar refractivity (Wildman–Crippen MR) is 78.4 cm³/mol. The molecule has 0 unspecified atom stereocenters. The van der Waals surface area contributed by atoms with Gasteiger partial charge in [0.25, 0.3) is 5.91 Å². The van der Waals surface area contributed by atoms with E-state index < -0.39 is 24.3 Å². The van der Waals surface area contributed by atoms with Crippen LogP contribution in [0.3, 0.4) is 0 Å². The molecule has 122 valence electrons. The topological polar surface area (TPSA) is 58.6 Å². The van der Waals surface area contributed by atoms with Crippen molar-refractivity contribution in [3.05, 3.63) is 53.6 Å². The number of benzene rings is 2. The Bertz CT molecular complexity index is 697. The van der Waals surface area contributed by atoms with Gasteiger partial charge in [0.2, 0.25) is 0 Å². The van der Waals surface area contributed by atoms with Gasteiger partial charge in [-0.1, -0.05) is 6.07 Å². The van der Waals surface area contributed by atoms with E-state index in [0.29, 0.717) is 0 Å². The number of rotatable bonds is 4. The van der Waals surface area contributed by atoms with Crippen LogP contribution in [-0.2, 0) is 11.0 Å². The van der Waals surface area contributed by atoms with Gasteiger partial charge in [-0.05, 0) is 48.9 Å². The largest absolute Gasteiger partial charge is 0.506 e. The third kappa shape index (κ3) is 4.64. The molecule has 1 amide bonds. The molecule has 2 rings (SSSR count). The highest BCUT2D eigenvalue weighted by Gasteiger charge is 2.30. The fourth-order valence-electron chi connectivity index (χ4n) is 1.83. The molecule has 7 heteroatoms. The maximum Gasteiger partial charge on any atom is 0.416 e. The van der Waals surface area contributed by atoms with Gasteiger partial charge in [0.1, 0.15) is 11.5 Å². The maximum atomic E-state index is 12.4. The number of amides is 1. The van der Waals surface area contributed by atoms with E-state index in [0.717, 1.165) is 29.8 Å². The maximum absolute atomic E-state index is 12.4. The minimum absolute atomic E-state index is 0.0847. The van der Waals surface area contributed by atoms with Gasteiger partial charge in [-0.3, -0.25) is 4.79 Å². The zero-order valence-electron chi connectivity index (χ0n) is 12.1. The van der Waals surface area contributed by atoms with Crippen LogP contribution >= 0.6 is 0 Å². The van der Waals surface area contributed by atoms with Gasteiger partial charge in [-0.25, -0.2) is 0 Å². The minimum atomic E-state index is -4.42. The van der Waals surface area contributed by atoms with Crippen molar-refractivity contribution in [2.75, 3.05) is 11.9 Å². The molecule has 0 aliphatic carbocycles. The third-order valence-corrected chi connectivity index (χ3v) is 2.98. The molecule has 0 spiro atoms. The first-order valence-corrected chi connectivity index (χ1v) is 6.65. The molecule has 0 bridgehead atoms. The molecule has 0 saturated heterocycles. The highest BCUT2D eigenvalue weighted by molar-refractivity contribution is 5.93. The minimum Gasteiger partial charge on any atom is -0.506 e. The lowest BCUT2D eigenvalue weighted by atomic mass is 10.2. The van der Waals surface area contributed by atoms with E-state index in [-0.39, 0.29) is 17.2 Å². The molecule has 2 aromatic carbocycles. The van der Waals surface area contributed by atoms with Crippen LogP contribution in [0.2, 0.25) is 0 Å². The van der Waals surface area contributed by atoms with E-state index in [4.69, 9.17) is 4.74 Å². The van der Waals surface area contributed by atoms with Gasteiger partial charge in [0, 0.05) is 0 Å². The fourth-order valence-corrected chi connectivity index (χ4v) is 1.83. The average molecular weight is 325 g/mol. The first-order chi connectivity index (χ1) is 10.8. The van der Waals surface area contributed by atoms with Crippen LogP contribution in [0.25, 0.3) is 0 Å². The zero-order chi connectivity index (χ0) is 17.0. The highest BCUT2D eigenvalue weighted by Crippen LogP contribution is 2.30. The number of alkyl halides is 3. The number of carbonyl (C=O) groups is 1. The molecule has 4 nitrogen and oxygen atoms in total. The molecule has 0 aliphatic rings. The number of ether oxygens (including phenoxy) is 1. The van der Waals surface area contributed by atoms with Gasteiger partial charge in [0.05, 0.1) is 11.3 Å². The van der Waals surface area contributed by atoms with Crippen LogP contribution in [0.5, 0.6) is 11.5 Å². The molecule has 0 saturated carbocycles. The summed E-state index contributed by atoms with van der Waals surface area (Å²) >= 11 is 0. The molecule has 0 aliphatic heterocycles.